The highest BCUT2D eigenvalue weighted by atomic mass is 16.5. The molecule has 0 heterocycles. The molecule has 2 rings (SSSR count). The first kappa shape index (κ1) is 12.2. The van der Waals surface area contributed by atoms with Gasteiger partial charge in [-0.25, -0.2) is 4.79 Å². The van der Waals surface area contributed by atoms with Crippen LogP contribution in [0.2, 0.25) is 0 Å². The van der Waals surface area contributed by atoms with E-state index in [1.54, 1.807) is 6.07 Å². The van der Waals surface area contributed by atoms with Crippen molar-refractivity contribution < 1.29 is 9.53 Å². The summed E-state index contributed by atoms with van der Waals surface area (Å²) in [6.45, 7) is 0. The molecule has 0 aliphatic heterocycles. The monoisotopic (exact) mass is 240 g/mol. The first-order valence-electron chi connectivity index (χ1n) is 5.60. The molecule has 2 aromatic rings. The average molecular weight is 240 g/mol. The van der Waals surface area contributed by atoms with Crippen LogP contribution in [0.25, 0.3) is 0 Å². The first-order valence-corrected chi connectivity index (χ1v) is 5.60. The van der Waals surface area contributed by atoms with E-state index in [1.807, 2.05) is 54.4 Å². The minimum atomic E-state index is -0.327. The third-order valence-corrected chi connectivity index (χ3v) is 2.74. The van der Waals surface area contributed by atoms with E-state index in [0.29, 0.717) is 5.56 Å². The second-order valence-corrected chi connectivity index (χ2v) is 3.86. The van der Waals surface area contributed by atoms with Crippen molar-refractivity contribution in [2.75, 3.05) is 19.1 Å². The maximum atomic E-state index is 11.5. The Bertz CT molecular complexity index is 537. The molecule has 0 N–H and O–H groups in total. The van der Waals surface area contributed by atoms with Crippen LogP contribution in [0.3, 0.4) is 0 Å². The first-order chi connectivity index (χ1) is 8.72. The lowest BCUT2D eigenvalue weighted by atomic mass is 10.2. The molecule has 1 radical (unpaired) electrons. The zero-order valence-corrected chi connectivity index (χ0v) is 10.4. The maximum Gasteiger partial charge on any atom is 0.337 e. The molecule has 0 amide bonds. The molecule has 91 valence electrons. The third-order valence-electron chi connectivity index (χ3n) is 2.74. The van der Waals surface area contributed by atoms with Crippen LogP contribution in [0.15, 0.2) is 48.5 Å². The average Bonchev–Trinajstić information content (AvgIpc) is 2.46. The minimum Gasteiger partial charge on any atom is -0.465 e. The Labute approximate surface area is 107 Å². The van der Waals surface area contributed by atoms with Crippen molar-refractivity contribution in [1.29, 1.82) is 0 Å². The lowest BCUT2D eigenvalue weighted by molar-refractivity contribution is 0.0601. The summed E-state index contributed by atoms with van der Waals surface area (Å²) < 4.78 is 4.71. The van der Waals surface area contributed by atoms with Gasteiger partial charge >= 0.3 is 5.97 Å². The second-order valence-electron chi connectivity index (χ2n) is 3.86. The van der Waals surface area contributed by atoms with Crippen molar-refractivity contribution in [1.82, 2.24) is 0 Å². The number of benzene rings is 2. The van der Waals surface area contributed by atoms with Gasteiger partial charge in [-0.3, -0.25) is 0 Å². The number of ether oxygens (including phenoxy) is 1. The van der Waals surface area contributed by atoms with Crippen LogP contribution < -0.4 is 4.90 Å². The highest BCUT2D eigenvalue weighted by molar-refractivity contribution is 5.90. The van der Waals surface area contributed by atoms with Gasteiger partial charge in [0.2, 0.25) is 0 Å². The summed E-state index contributed by atoms with van der Waals surface area (Å²) in [6.07, 6.45) is 0. The molecular weight excluding hydrogens is 226 g/mol. The van der Waals surface area contributed by atoms with Crippen LogP contribution in [0.5, 0.6) is 0 Å². The number of methoxy groups -OCH3 is 1. The van der Waals surface area contributed by atoms with Crippen LogP contribution in [0.4, 0.5) is 11.4 Å². The van der Waals surface area contributed by atoms with Crippen LogP contribution in [-0.2, 0) is 4.74 Å². The minimum absolute atomic E-state index is 0.327. The molecule has 0 saturated carbocycles. The number of hydrogen-bond acceptors (Lipinski definition) is 3. The lowest BCUT2D eigenvalue weighted by Crippen LogP contribution is -2.10. The predicted molar refractivity (Wildman–Crippen MR) is 71.1 cm³/mol. The smallest absolute Gasteiger partial charge is 0.337 e. The van der Waals surface area contributed by atoms with Gasteiger partial charge in [0.1, 0.15) is 0 Å². The highest BCUT2D eigenvalue weighted by Gasteiger charge is 2.08. The van der Waals surface area contributed by atoms with E-state index in [-0.39, 0.29) is 5.97 Å². The molecule has 0 aliphatic rings. The number of nitrogens with zero attached hydrogens (tertiary/aromatic N) is 1. The van der Waals surface area contributed by atoms with Gasteiger partial charge in [0, 0.05) is 18.4 Å². The van der Waals surface area contributed by atoms with Gasteiger partial charge in [0.05, 0.1) is 12.7 Å². The normalized spacial score (nSPS) is 9.89. The SMILES string of the molecule is COC(=O)c1cccc(N(C)c2cc[c]cc2)c1. The molecule has 0 unspecified atom stereocenters. The predicted octanol–water partition coefficient (Wildman–Crippen LogP) is 3.04. The Balaban J connectivity index is 2.31. The van der Waals surface area contributed by atoms with Crippen LogP contribution in [0, 0.1) is 6.07 Å². The molecule has 18 heavy (non-hydrogen) atoms. The van der Waals surface area contributed by atoms with E-state index in [9.17, 15) is 4.79 Å². The van der Waals surface area contributed by atoms with Gasteiger partial charge in [-0.2, -0.15) is 0 Å². The van der Waals surface area contributed by atoms with E-state index >= 15 is 0 Å². The molecule has 3 heteroatoms. The summed E-state index contributed by atoms with van der Waals surface area (Å²) in [5.41, 5.74) is 2.52. The third kappa shape index (κ3) is 2.51. The van der Waals surface area contributed by atoms with Crippen molar-refractivity contribution in [2.24, 2.45) is 0 Å². The van der Waals surface area contributed by atoms with Crippen molar-refractivity contribution in [2.45, 2.75) is 0 Å². The van der Waals surface area contributed by atoms with Gasteiger partial charge in [0.25, 0.3) is 0 Å². The standard InChI is InChI=1S/C15H14NO2/c1-16(13-8-4-3-5-9-13)14-10-6-7-12(11-14)15(17)18-2/h4-11H,1-2H3. The molecule has 0 aliphatic carbocycles. The van der Waals surface area contributed by atoms with E-state index in [2.05, 4.69) is 6.07 Å². The molecule has 0 spiro atoms. The van der Waals surface area contributed by atoms with Gasteiger partial charge in [-0.05, 0) is 36.4 Å². The van der Waals surface area contributed by atoms with E-state index in [0.717, 1.165) is 11.4 Å². The molecule has 2 aromatic carbocycles. The molecule has 3 nitrogen and oxygen atoms in total. The second kappa shape index (κ2) is 5.36. The molecule has 0 atom stereocenters. The quantitative estimate of drug-likeness (QED) is 0.772. The molecule has 0 aromatic heterocycles. The highest BCUT2D eigenvalue weighted by Crippen LogP contribution is 2.23. The van der Waals surface area contributed by atoms with Crippen LogP contribution in [0.1, 0.15) is 10.4 Å². The van der Waals surface area contributed by atoms with Gasteiger partial charge in [0.15, 0.2) is 0 Å². The van der Waals surface area contributed by atoms with Crippen molar-refractivity contribution >= 4 is 17.3 Å². The Kier molecular flexibility index (Phi) is 3.63. The Hall–Kier alpha value is -2.29. The Morgan fingerprint density at radius 3 is 2.56 bits per heavy atom. The van der Waals surface area contributed by atoms with Crippen molar-refractivity contribution in [3.05, 3.63) is 60.2 Å². The molecular formula is C15H14NO2. The van der Waals surface area contributed by atoms with Crippen molar-refractivity contribution in [3.63, 3.8) is 0 Å². The number of rotatable bonds is 3. The topological polar surface area (TPSA) is 29.5 Å². The summed E-state index contributed by atoms with van der Waals surface area (Å²) in [7, 11) is 3.33. The number of carbonyl (C=O) groups excluding carboxylic acids is 1. The van der Waals surface area contributed by atoms with Gasteiger partial charge < -0.3 is 9.64 Å². The van der Waals surface area contributed by atoms with E-state index in [1.165, 1.54) is 7.11 Å². The van der Waals surface area contributed by atoms with E-state index < -0.39 is 0 Å². The fraction of sp³-hybridized carbons (Fsp3) is 0.133. The van der Waals surface area contributed by atoms with Crippen molar-refractivity contribution in [3.8, 4) is 0 Å². The zero-order valence-electron chi connectivity index (χ0n) is 10.4. The molecule has 0 fully saturated rings. The summed E-state index contributed by atoms with van der Waals surface area (Å²) >= 11 is 0. The lowest BCUT2D eigenvalue weighted by Gasteiger charge is -2.19. The van der Waals surface area contributed by atoms with Gasteiger partial charge in [-0.1, -0.05) is 18.2 Å². The number of esters is 1. The van der Waals surface area contributed by atoms with E-state index in [4.69, 9.17) is 4.74 Å². The summed E-state index contributed by atoms with van der Waals surface area (Å²) in [4.78, 5) is 13.5. The fourth-order valence-corrected chi connectivity index (χ4v) is 1.71. The zero-order chi connectivity index (χ0) is 13.0. The summed E-state index contributed by atoms with van der Waals surface area (Å²) in [6, 6.07) is 18.0. The van der Waals surface area contributed by atoms with Crippen LogP contribution in [-0.4, -0.2) is 20.1 Å². The number of carbonyl (C=O) groups is 1. The number of hydrogen-bond donors (Lipinski definition) is 0. The molecule has 0 saturated heterocycles. The summed E-state index contributed by atoms with van der Waals surface area (Å²) in [5, 5.41) is 0. The Morgan fingerprint density at radius 1 is 1.17 bits per heavy atom. The largest absolute Gasteiger partial charge is 0.465 e. The van der Waals surface area contributed by atoms with Crippen LogP contribution >= 0.6 is 0 Å². The fourth-order valence-electron chi connectivity index (χ4n) is 1.71. The summed E-state index contributed by atoms with van der Waals surface area (Å²) in [5.74, 6) is -0.327. The molecule has 0 bridgehead atoms. The number of anilines is 2. The van der Waals surface area contributed by atoms with Gasteiger partial charge in [-0.15, -0.1) is 0 Å². The Morgan fingerprint density at radius 2 is 1.89 bits per heavy atom. The maximum absolute atomic E-state index is 11.5.